The predicted molar refractivity (Wildman–Crippen MR) is 113 cm³/mol. The normalized spacial score (nSPS) is 13.8. The molecule has 0 aliphatic carbocycles. The van der Waals surface area contributed by atoms with E-state index in [-0.39, 0.29) is 18.5 Å². The van der Waals surface area contributed by atoms with Gasteiger partial charge in [0.05, 0.1) is 11.5 Å². The summed E-state index contributed by atoms with van der Waals surface area (Å²) in [6.07, 6.45) is 1.44. The summed E-state index contributed by atoms with van der Waals surface area (Å²) in [5.74, 6) is -1.85. The molecule has 2 aromatic rings. The van der Waals surface area contributed by atoms with E-state index in [4.69, 9.17) is 5.21 Å². The van der Waals surface area contributed by atoms with Crippen molar-refractivity contribution in [3.8, 4) is 17.2 Å². The highest BCUT2D eigenvalue weighted by Crippen LogP contribution is 2.27. The number of aromatic nitrogens is 1. The molecule has 166 valence electrons. The lowest BCUT2D eigenvalue weighted by atomic mass is 9.85. The molecule has 1 aromatic heterocycles. The Morgan fingerprint density at radius 3 is 2.32 bits per heavy atom. The topological polar surface area (TPSA) is 129 Å². The number of benzene rings is 1. The first kappa shape index (κ1) is 24.2. The van der Waals surface area contributed by atoms with Crippen LogP contribution < -0.4 is 11.0 Å². The average Bonchev–Trinajstić information content (AvgIpc) is 2.72. The van der Waals surface area contributed by atoms with Crippen LogP contribution in [-0.2, 0) is 26.6 Å². The van der Waals surface area contributed by atoms with Gasteiger partial charge in [0.25, 0.3) is 11.5 Å². The maximum absolute atomic E-state index is 14.7. The highest BCUT2D eigenvalue weighted by molar-refractivity contribution is 7.92. The lowest BCUT2D eigenvalue weighted by Crippen LogP contribution is -2.50. The molecule has 10 heteroatoms. The number of hydrogen-bond donors (Lipinski definition) is 2. The summed E-state index contributed by atoms with van der Waals surface area (Å²) in [4.78, 5) is 24.4. The Hall–Kier alpha value is -3.03. The lowest BCUT2D eigenvalue weighted by Gasteiger charge is -2.25. The van der Waals surface area contributed by atoms with Gasteiger partial charge in [-0.1, -0.05) is 24.3 Å². The molecular formula is C21H24FN3O5S. The molecule has 0 saturated carbocycles. The second kappa shape index (κ2) is 8.61. The van der Waals surface area contributed by atoms with Gasteiger partial charge in [-0.05, 0) is 38.3 Å². The van der Waals surface area contributed by atoms with Crippen LogP contribution in [-0.4, -0.2) is 35.1 Å². The van der Waals surface area contributed by atoms with Crippen LogP contribution in [0.15, 0.2) is 41.3 Å². The van der Waals surface area contributed by atoms with Crippen LogP contribution in [0.1, 0.15) is 32.8 Å². The molecule has 0 aliphatic heterocycles. The highest BCUT2D eigenvalue weighted by atomic mass is 32.2. The predicted octanol–water partition coefficient (Wildman–Crippen LogP) is 2.15. The van der Waals surface area contributed by atoms with Crippen molar-refractivity contribution in [2.75, 3.05) is 6.26 Å². The molecule has 0 radical (unpaired) electrons. The number of pyridine rings is 1. The molecule has 0 bridgehead atoms. The Labute approximate surface area is 179 Å². The number of hydrogen-bond acceptors (Lipinski definition) is 6. The number of nitrogens with one attached hydrogen (secondary N) is 1. The molecule has 8 nitrogen and oxygen atoms in total. The summed E-state index contributed by atoms with van der Waals surface area (Å²) in [7, 11) is -3.94. The van der Waals surface area contributed by atoms with Crippen LogP contribution in [0.2, 0.25) is 0 Å². The summed E-state index contributed by atoms with van der Waals surface area (Å²) in [5.41, 5.74) is 1.27. The van der Waals surface area contributed by atoms with E-state index >= 15 is 0 Å². The summed E-state index contributed by atoms with van der Waals surface area (Å²) >= 11 is 0. The molecule has 0 saturated heterocycles. The maximum atomic E-state index is 14.7. The molecule has 0 spiro atoms. The molecule has 1 unspecified atom stereocenters. The van der Waals surface area contributed by atoms with Crippen molar-refractivity contribution < 1.29 is 22.8 Å². The molecule has 1 heterocycles. The van der Waals surface area contributed by atoms with Crippen molar-refractivity contribution in [3.63, 3.8) is 0 Å². The fraction of sp³-hybridized carbons (Fsp3) is 0.381. The van der Waals surface area contributed by atoms with Gasteiger partial charge in [-0.2, -0.15) is 5.26 Å². The van der Waals surface area contributed by atoms with Gasteiger partial charge < -0.3 is 4.57 Å². The van der Waals surface area contributed by atoms with Gasteiger partial charge in [-0.15, -0.1) is 0 Å². The highest BCUT2D eigenvalue weighted by Gasteiger charge is 2.43. The van der Waals surface area contributed by atoms with E-state index in [0.717, 1.165) is 35.6 Å². The van der Waals surface area contributed by atoms with Crippen LogP contribution in [0.4, 0.5) is 4.39 Å². The third kappa shape index (κ3) is 4.84. The fourth-order valence-electron chi connectivity index (χ4n) is 2.99. The molecule has 1 aromatic carbocycles. The molecule has 0 aliphatic rings. The van der Waals surface area contributed by atoms with E-state index in [2.05, 4.69) is 6.07 Å². The fourth-order valence-corrected chi connectivity index (χ4v) is 3.84. The smallest absolute Gasteiger partial charge is 0.264 e. The second-order valence-electron chi connectivity index (χ2n) is 8.07. The lowest BCUT2D eigenvalue weighted by molar-refractivity contribution is -0.131. The molecule has 2 N–H and O–H groups in total. The van der Waals surface area contributed by atoms with Crippen LogP contribution in [0, 0.1) is 17.1 Å². The number of sulfone groups is 1. The minimum absolute atomic E-state index is 0.0570. The number of amides is 1. The van der Waals surface area contributed by atoms with Crippen LogP contribution in [0.5, 0.6) is 0 Å². The molecule has 0 fully saturated rings. The summed E-state index contributed by atoms with van der Waals surface area (Å²) in [5, 5.41) is 18.1. The van der Waals surface area contributed by atoms with Gasteiger partial charge in [0.2, 0.25) is 0 Å². The van der Waals surface area contributed by atoms with Crippen molar-refractivity contribution in [2.45, 2.75) is 43.9 Å². The summed E-state index contributed by atoms with van der Waals surface area (Å²) in [6.45, 7) is 4.37. The number of halogens is 1. The summed E-state index contributed by atoms with van der Waals surface area (Å²) < 4.78 is 37.8. The Bertz CT molecular complexity index is 1200. The Kier molecular flexibility index (Phi) is 6.73. The zero-order chi connectivity index (χ0) is 23.6. The van der Waals surface area contributed by atoms with E-state index < -0.39 is 37.3 Å². The van der Waals surface area contributed by atoms with Crippen molar-refractivity contribution in [3.05, 3.63) is 58.3 Å². The van der Waals surface area contributed by atoms with Crippen LogP contribution in [0.25, 0.3) is 11.1 Å². The van der Waals surface area contributed by atoms with Crippen molar-refractivity contribution in [2.24, 2.45) is 0 Å². The van der Waals surface area contributed by atoms with Gasteiger partial charge >= 0.3 is 0 Å². The number of carbonyl (C=O) groups is 1. The van der Waals surface area contributed by atoms with Gasteiger partial charge in [-0.25, -0.2) is 18.3 Å². The van der Waals surface area contributed by atoms with E-state index in [1.165, 1.54) is 5.48 Å². The van der Waals surface area contributed by atoms with Gasteiger partial charge in [-0.3, -0.25) is 14.8 Å². The van der Waals surface area contributed by atoms with Gasteiger partial charge in [0, 0.05) is 30.6 Å². The standard InChI is InChI=1S/C21H24FN3O5S/c1-20(2,13-23)15-7-5-14(6-8-15)16-11-18(26)25(12-17(16)22)10-9-21(3,19(27)24-28)31(4,29)30/h5-8,11-12,28H,9-10H2,1-4H3,(H,24,27). The van der Waals surface area contributed by atoms with Crippen molar-refractivity contribution in [1.82, 2.24) is 10.0 Å². The Balaban J connectivity index is 2.36. The van der Waals surface area contributed by atoms with Crippen LogP contribution >= 0.6 is 0 Å². The molecule has 1 amide bonds. The number of nitriles is 1. The quantitative estimate of drug-likeness (QED) is 0.492. The number of rotatable bonds is 7. The molecule has 2 rings (SSSR count). The monoisotopic (exact) mass is 449 g/mol. The van der Waals surface area contributed by atoms with E-state index in [1.807, 2.05) is 0 Å². The third-order valence-electron chi connectivity index (χ3n) is 5.50. The average molecular weight is 450 g/mol. The zero-order valence-corrected chi connectivity index (χ0v) is 18.5. The van der Waals surface area contributed by atoms with E-state index in [0.29, 0.717) is 5.56 Å². The first-order valence-electron chi connectivity index (χ1n) is 9.33. The van der Waals surface area contributed by atoms with E-state index in [9.17, 15) is 27.7 Å². The summed E-state index contributed by atoms with van der Waals surface area (Å²) in [6, 6.07) is 9.87. The SMILES string of the molecule is CC(C)(C#N)c1ccc(-c2cc(=O)n(CCC(C)(C(=O)NO)S(C)(=O)=O)cc2F)cc1. The van der Waals surface area contributed by atoms with E-state index in [1.54, 1.807) is 38.1 Å². The number of carbonyl (C=O) groups excluding carboxylic acids is 1. The first-order chi connectivity index (χ1) is 14.3. The molecule has 1 atom stereocenters. The van der Waals surface area contributed by atoms with Crippen molar-refractivity contribution in [1.29, 1.82) is 5.26 Å². The van der Waals surface area contributed by atoms with Gasteiger partial charge in [0.15, 0.2) is 14.6 Å². The first-order valence-corrected chi connectivity index (χ1v) is 11.2. The zero-order valence-electron chi connectivity index (χ0n) is 17.6. The van der Waals surface area contributed by atoms with Gasteiger partial charge in [0.1, 0.15) is 5.82 Å². The molecule has 31 heavy (non-hydrogen) atoms. The molecular weight excluding hydrogens is 425 g/mol. The number of nitrogens with zero attached hydrogens (tertiary/aromatic N) is 2. The number of hydroxylamine groups is 1. The minimum atomic E-state index is -3.94. The minimum Gasteiger partial charge on any atom is -0.312 e. The van der Waals surface area contributed by atoms with Crippen molar-refractivity contribution >= 4 is 15.7 Å². The second-order valence-corrected chi connectivity index (χ2v) is 10.5. The third-order valence-corrected chi connectivity index (χ3v) is 7.53. The number of aryl methyl sites for hydroxylation is 1. The largest absolute Gasteiger partial charge is 0.312 e. The Morgan fingerprint density at radius 1 is 1.26 bits per heavy atom. The van der Waals surface area contributed by atoms with Crippen LogP contribution in [0.3, 0.4) is 0 Å². The Morgan fingerprint density at radius 2 is 1.84 bits per heavy atom. The maximum Gasteiger partial charge on any atom is 0.264 e.